The van der Waals surface area contributed by atoms with Gasteiger partial charge in [-0.05, 0) is 31.4 Å². The van der Waals surface area contributed by atoms with E-state index in [9.17, 15) is 10.2 Å². The number of aromatic nitrogens is 1. The fraction of sp³-hybridized carbons (Fsp3) is 0.263. The Labute approximate surface area is 134 Å². The van der Waals surface area contributed by atoms with Gasteiger partial charge in [-0.1, -0.05) is 36.4 Å². The normalized spacial score (nSPS) is 13.8. The van der Waals surface area contributed by atoms with Crippen LogP contribution in [0.5, 0.6) is 11.6 Å². The van der Waals surface area contributed by atoms with Crippen molar-refractivity contribution in [3.05, 3.63) is 41.5 Å². The summed E-state index contributed by atoms with van der Waals surface area (Å²) in [5, 5.41) is 23.4. The van der Waals surface area contributed by atoms with Crippen molar-refractivity contribution in [1.29, 1.82) is 0 Å². The molecule has 4 rings (SSSR count). The minimum Gasteiger partial charge on any atom is -0.507 e. The molecule has 1 aromatic carbocycles. The molecular formula is C19H20N2O2. The van der Waals surface area contributed by atoms with E-state index in [0.717, 1.165) is 52.4 Å². The van der Waals surface area contributed by atoms with Gasteiger partial charge in [-0.2, -0.15) is 0 Å². The zero-order chi connectivity index (χ0) is 16.0. The first kappa shape index (κ1) is 14.2. The van der Waals surface area contributed by atoms with Gasteiger partial charge in [0, 0.05) is 28.4 Å². The second-order valence-electron chi connectivity index (χ2n) is 6.07. The Kier molecular flexibility index (Phi) is 3.27. The predicted octanol–water partition coefficient (Wildman–Crippen LogP) is 3.47. The van der Waals surface area contributed by atoms with Crippen LogP contribution in [-0.2, 0) is 13.0 Å². The Bertz CT molecular complexity index is 892. The molecule has 0 spiro atoms. The van der Waals surface area contributed by atoms with Crippen molar-refractivity contribution < 1.29 is 10.2 Å². The average molecular weight is 308 g/mol. The molecule has 1 aromatic rings. The maximum atomic E-state index is 10.8. The number of nitrogens with two attached hydrogens (primary N) is 1. The lowest BCUT2D eigenvalue weighted by Crippen LogP contribution is -2.12. The van der Waals surface area contributed by atoms with Crippen molar-refractivity contribution in [3.8, 4) is 22.9 Å². The SMILES string of the molecule is NCCCn1c(O)c2c(c3c(O)c4ccccc4c1-3)CCC=C2. The summed E-state index contributed by atoms with van der Waals surface area (Å²) in [5.74, 6) is 0.594. The van der Waals surface area contributed by atoms with Crippen LogP contribution in [0.1, 0.15) is 24.0 Å². The molecule has 0 amide bonds. The lowest BCUT2D eigenvalue weighted by molar-refractivity contribution is 0.407. The van der Waals surface area contributed by atoms with Gasteiger partial charge in [0.15, 0.2) is 5.88 Å². The fourth-order valence-electron chi connectivity index (χ4n) is 3.70. The highest BCUT2D eigenvalue weighted by molar-refractivity contribution is 6.08. The predicted molar refractivity (Wildman–Crippen MR) is 92.9 cm³/mol. The van der Waals surface area contributed by atoms with Gasteiger partial charge >= 0.3 is 0 Å². The van der Waals surface area contributed by atoms with E-state index in [1.807, 2.05) is 34.9 Å². The number of hydrogen-bond acceptors (Lipinski definition) is 3. The first-order valence-corrected chi connectivity index (χ1v) is 8.08. The van der Waals surface area contributed by atoms with Crippen molar-refractivity contribution >= 4 is 16.8 Å². The van der Waals surface area contributed by atoms with Gasteiger partial charge < -0.3 is 20.5 Å². The molecule has 4 nitrogen and oxygen atoms in total. The van der Waals surface area contributed by atoms with Gasteiger partial charge in [0.25, 0.3) is 0 Å². The van der Waals surface area contributed by atoms with Gasteiger partial charge in [0.05, 0.1) is 5.69 Å². The smallest absolute Gasteiger partial charge is 0.199 e. The summed E-state index contributed by atoms with van der Waals surface area (Å²) in [6, 6.07) is 7.82. The minimum atomic E-state index is 0.271. The van der Waals surface area contributed by atoms with Crippen LogP contribution in [0.4, 0.5) is 0 Å². The number of hydrogen-bond donors (Lipinski definition) is 3. The summed E-state index contributed by atoms with van der Waals surface area (Å²) in [6.07, 6.45) is 6.56. The molecule has 0 aromatic heterocycles. The maximum Gasteiger partial charge on any atom is 0.199 e. The van der Waals surface area contributed by atoms with E-state index in [1.165, 1.54) is 0 Å². The summed E-state index contributed by atoms with van der Waals surface area (Å²) in [5.41, 5.74) is 9.32. The molecule has 3 aliphatic rings. The second kappa shape index (κ2) is 5.32. The second-order valence-corrected chi connectivity index (χ2v) is 6.07. The Morgan fingerprint density at radius 1 is 1.13 bits per heavy atom. The summed E-state index contributed by atoms with van der Waals surface area (Å²) < 4.78 is 1.90. The Balaban J connectivity index is 2.16. The van der Waals surface area contributed by atoms with Crippen LogP contribution in [0.25, 0.3) is 28.1 Å². The van der Waals surface area contributed by atoms with E-state index in [-0.39, 0.29) is 5.88 Å². The standard InChI is InChI=1S/C19H20N2O2/c20-10-5-11-21-17-13-7-2-3-8-14(13)18(22)16(17)12-6-1-4-9-15(12)19(21)23/h2-4,7-9,22-23H,1,5-6,10-11,20H2. The lowest BCUT2D eigenvalue weighted by atomic mass is 9.92. The van der Waals surface area contributed by atoms with E-state index < -0.39 is 0 Å². The first-order valence-electron chi connectivity index (χ1n) is 8.08. The van der Waals surface area contributed by atoms with Crippen molar-refractivity contribution in [2.45, 2.75) is 25.8 Å². The number of aromatic hydroxyl groups is 2. The molecule has 4 N–H and O–H groups in total. The van der Waals surface area contributed by atoms with Crippen molar-refractivity contribution in [3.63, 3.8) is 0 Å². The monoisotopic (exact) mass is 308 g/mol. The van der Waals surface area contributed by atoms with Crippen LogP contribution in [-0.4, -0.2) is 21.3 Å². The van der Waals surface area contributed by atoms with Crippen LogP contribution < -0.4 is 5.73 Å². The highest BCUT2D eigenvalue weighted by Crippen LogP contribution is 2.50. The molecule has 0 saturated carbocycles. The fourth-order valence-corrected chi connectivity index (χ4v) is 3.70. The summed E-state index contributed by atoms with van der Waals surface area (Å²) in [7, 11) is 0. The van der Waals surface area contributed by atoms with Crippen molar-refractivity contribution in [2.75, 3.05) is 6.54 Å². The zero-order valence-corrected chi connectivity index (χ0v) is 12.9. The quantitative estimate of drug-likeness (QED) is 0.694. The highest BCUT2D eigenvalue weighted by Gasteiger charge is 2.28. The molecule has 1 heterocycles. The summed E-state index contributed by atoms with van der Waals surface area (Å²) >= 11 is 0. The summed E-state index contributed by atoms with van der Waals surface area (Å²) in [4.78, 5) is 0. The molecule has 1 aliphatic heterocycles. The van der Waals surface area contributed by atoms with E-state index >= 15 is 0 Å². The zero-order valence-electron chi connectivity index (χ0n) is 12.9. The Hall–Kier alpha value is -2.46. The van der Waals surface area contributed by atoms with Crippen LogP contribution in [0, 0.1) is 0 Å². The largest absolute Gasteiger partial charge is 0.507 e. The number of nitrogens with zero attached hydrogens (tertiary/aromatic N) is 1. The summed E-state index contributed by atoms with van der Waals surface area (Å²) in [6.45, 7) is 1.19. The molecule has 0 bridgehead atoms. The Morgan fingerprint density at radius 2 is 1.91 bits per heavy atom. The number of fused-ring (bicyclic) bond motifs is 5. The number of allylic oxidation sites excluding steroid dienone is 1. The number of rotatable bonds is 3. The van der Waals surface area contributed by atoms with Crippen LogP contribution in [0.2, 0.25) is 0 Å². The van der Waals surface area contributed by atoms with E-state index in [0.29, 0.717) is 18.8 Å². The lowest BCUT2D eigenvalue weighted by Gasteiger charge is -2.24. The molecule has 118 valence electrons. The average Bonchev–Trinajstić information content (AvgIpc) is 2.89. The third-order valence-corrected chi connectivity index (χ3v) is 4.74. The molecule has 0 saturated heterocycles. The molecule has 0 unspecified atom stereocenters. The molecular weight excluding hydrogens is 288 g/mol. The minimum absolute atomic E-state index is 0.271. The molecule has 0 fully saturated rings. The Morgan fingerprint density at radius 3 is 2.70 bits per heavy atom. The van der Waals surface area contributed by atoms with E-state index in [2.05, 4.69) is 6.08 Å². The van der Waals surface area contributed by atoms with E-state index in [1.54, 1.807) is 0 Å². The molecule has 4 heteroatoms. The van der Waals surface area contributed by atoms with Gasteiger partial charge in [-0.3, -0.25) is 0 Å². The first-order chi connectivity index (χ1) is 11.2. The third kappa shape index (κ3) is 1.95. The third-order valence-electron chi connectivity index (χ3n) is 4.74. The van der Waals surface area contributed by atoms with Gasteiger partial charge in [-0.25, -0.2) is 0 Å². The number of benzene rings is 1. The topological polar surface area (TPSA) is 71.4 Å². The molecule has 0 atom stereocenters. The van der Waals surface area contributed by atoms with Gasteiger partial charge in [0.2, 0.25) is 0 Å². The van der Waals surface area contributed by atoms with Crippen molar-refractivity contribution in [2.24, 2.45) is 5.73 Å². The van der Waals surface area contributed by atoms with Crippen LogP contribution >= 0.6 is 0 Å². The van der Waals surface area contributed by atoms with Crippen LogP contribution in [0.3, 0.4) is 0 Å². The molecule has 0 radical (unpaired) electrons. The van der Waals surface area contributed by atoms with E-state index in [4.69, 9.17) is 5.73 Å². The molecule has 2 aliphatic carbocycles. The maximum absolute atomic E-state index is 10.8. The van der Waals surface area contributed by atoms with Gasteiger partial charge in [-0.15, -0.1) is 0 Å². The van der Waals surface area contributed by atoms with Crippen LogP contribution in [0.15, 0.2) is 30.3 Å². The molecule has 23 heavy (non-hydrogen) atoms. The number of pyridine rings is 1. The highest BCUT2D eigenvalue weighted by atomic mass is 16.3. The van der Waals surface area contributed by atoms with Crippen molar-refractivity contribution in [1.82, 2.24) is 4.57 Å². The van der Waals surface area contributed by atoms with Gasteiger partial charge in [0.1, 0.15) is 5.75 Å².